The Balaban J connectivity index is 2.80. The first kappa shape index (κ1) is 12.8. The minimum atomic E-state index is -0.363. The SMILES string of the molecule is CCC(C(=O)NC)N1CC(C)(CC)NC1=O. The maximum Gasteiger partial charge on any atom is 0.318 e. The lowest BCUT2D eigenvalue weighted by Gasteiger charge is -2.26. The molecule has 0 aromatic rings. The van der Waals surface area contributed by atoms with Crippen LogP contribution in [0.25, 0.3) is 0 Å². The first-order valence-corrected chi connectivity index (χ1v) is 5.77. The van der Waals surface area contributed by atoms with Crippen molar-refractivity contribution in [1.29, 1.82) is 0 Å². The van der Waals surface area contributed by atoms with E-state index >= 15 is 0 Å². The number of nitrogens with zero attached hydrogens (tertiary/aromatic N) is 1. The van der Waals surface area contributed by atoms with Crippen molar-refractivity contribution < 1.29 is 9.59 Å². The van der Waals surface area contributed by atoms with Gasteiger partial charge in [-0.15, -0.1) is 0 Å². The monoisotopic (exact) mass is 227 g/mol. The quantitative estimate of drug-likeness (QED) is 0.743. The molecule has 92 valence electrons. The van der Waals surface area contributed by atoms with Gasteiger partial charge in [-0.25, -0.2) is 4.79 Å². The Hall–Kier alpha value is -1.26. The number of hydrogen-bond donors (Lipinski definition) is 2. The molecule has 1 rings (SSSR count). The molecule has 0 bridgehead atoms. The summed E-state index contributed by atoms with van der Waals surface area (Å²) >= 11 is 0. The van der Waals surface area contributed by atoms with Gasteiger partial charge in [0.2, 0.25) is 5.91 Å². The zero-order chi connectivity index (χ0) is 12.3. The number of carbonyl (C=O) groups is 2. The molecule has 1 saturated heterocycles. The largest absolute Gasteiger partial charge is 0.357 e. The van der Waals surface area contributed by atoms with Crippen LogP contribution in [0.3, 0.4) is 0 Å². The Morgan fingerprint density at radius 1 is 1.62 bits per heavy atom. The number of urea groups is 1. The van der Waals surface area contributed by atoms with Crippen LogP contribution in [0.4, 0.5) is 4.79 Å². The molecule has 0 saturated carbocycles. The van der Waals surface area contributed by atoms with Crippen LogP contribution >= 0.6 is 0 Å². The summed E-state index contributed by atoms with van der Waals surface area (Å²) in [5, 5.41) is 5.53. The standard InChI is InChI=1S/C11H21N3O2/c1-5-8(9(15)12-4)14-7-11(3,6-2)13-10(14)16/h8H,5-7H2,1-4H3,(H,12,15)(H,13,16). The number of amides is 3. The van der Waals surface area contributed by atoms with Crippen LogP contribution in [-0.4, -0.2) is 42.0 Å². The van der Waals surface area contributed by atoms with Gasteiger partial charge in [0.05, 0.1) is 5.54 Å². The fourth-order valence-electron chi connectivity index (χ4n) is 1.98. The summed E-state index contributed by atoms with van der Waals surface area (Å²) in [6.07, 6.45) is 1.49. The summed E-state index contributed by atoms with van der Waals surface area (Å²) < 4.78 is 0. The maximum atomic E-state index is 11.8. The van der Waals surface area contributed by atoms with Gasteiger partial charge < -0.3 is 15.5 Å². The molecule has 5 nitrogen and oxygen atoms in total. The summed E-state index contributed by atoms with van der Waals surface area (Å²) in [4.78, 5) is 25.1. The smallest absolute Gasteiger partial charge is 0.318 e. The van der Waals surface area contributed by atoms with Crippen LogP contribution in [0.15, 0.2) is 0 Å². The molecule has 2 atom stereocenters. The molecule has 1 heterocycles. The van der Waals surface area contributed by atoms with E-state index in [1.807, 2.05) is 20.8 Å². The van der Waals surface area contributed by atoms with Gasteiger partial charge >= 0.3 is 6.03 Å². The van der Waals surface area contributed by atoms with E-state index in [-0.39, 0.29) is 23.5 Å². The fourth-order valence-corrected chi connectivity index (χ4v) is 1.98. The van der Waals surface area contributed by atoms with E-state index in [9.17, 15) is 9.59 Å². The third-order valence-electron chi connectivity index (χ3n) is 3.28. The predicted octanol–water partition coefficient (Wildman–Crippen LogP) is 0.705. The number of rotatable bonds is 4. The Kier molecular flexibility index (Phi) is 3.78. The van der Waals surface area contributed by atoms with Crippen LogP contribution in [0.5, 0.6) is 0 Å². The molecule has 2 N–H and O–H groups in total. The van der Waals surface area contributed by atoms with E-state index in [1.165, 1.54) is 0 Å². The molecule has 0 aliphatic carbocycles. The molecular weight excluding hydrogens is 206 g/mol. The highest BCUT2D eigenvalue weighted by molar-refractivity contribution is 5.88. The highest BCUT2D eigenvalue weighted by Crippen LogP contribution is 2.21. The molecule has 1 fully saturated rings. The number of hydrogen-bond acceptors (Lipinski definition) is 2. The lowest BCUT2D eigenvalue weighted by atomic mass is 10.00. The molecule has 3 amide bonds. The second-order valence-corrected chi connectivity index (χ2v) is 4.51. The molecule has 0 spiro atoms. The van der Waals surface area contributed by atoms with E-state index < -0.39 is 0 Å². The van der Waals surface area contributed by atoms with Gasteiger partial charge in [0.25, 0.3) is 0 Å². The zero-order valence-corrected chi connectivity index (χ0v) is 10.5. The van der Waals surface area contributed by atoms with Crippen molar-refractivity contribution in [2.45, 2.75) is 45.2 Å². The van der Waals surface area contributed by atoms with E-state index in [0.717, 1.165) is 6.42 Å². The third-order valence-corrected chi connectivity index (χ3v) is 3.28. The van der Waals surface area contributed by atoms with Crippen molar-refractivity contribution in [2.75, 3.05) is 13.6 Å². The van der Waals surface area contributed by atoms with Crippen LogP contribution in [0, 0.1) is 0 Å². The first-order chi connectivity index (χ1) is 7.47. The highest BCUT2D eigenvalue weighted by Gasteiger charge is 2.41. The molecule has 1 aliphatic heterocycles. The zero-order valence-electron chi connectivity index (χ0n) is 10.5. The Bertz CT molecular complexity index is 293. The van der Waals surface area contributed by atoms with Gasteiger partial charge in [-0.1, -0.05) is 13.8 Å². The third kappa shape index (κ3) is 2.28. The molecule has 5 heteroatoms. The summed E-state index contributed by atoms with van der Waals surface area (Å²) in [6.45, 7) is 6.54. The molecule has 1 aliphatic rings. The van der Waals surface area contributed by atoms with Crippen LogP contribution in [-0.2, 0) is 4.79 Å². The lowest BCUT2D eigenvalue weighted by Crippen LogP contribution is -2.47. The number of nitrogens with one attached hydrogen (secondary N) is 2. The van der Waals surface area contributed by atoms with E-state index in [2.05, 4.69) is 10.6 Å². The van der Waals surface area contributed by atoms with Crippen molar-refractivity contribution in [2.24, 2.45) is 0 Å². The minimum Gasteiger partial charge on any atom is -0.357 e. The topological polar surface area (TPSA) is 61.4 Å². The van der Waals surface area contributed by atoms with E-state index in [1.54, 1.807) is 11.9 Å². The Morgan fingerprint density at radius 3 is 2.62 bits per heavy atom. The highest BCUT2D eigenvalue weighted by atomic mass is 16.2. The normalized spacial score (nSPS) is 26.5. The molecule has 2 unspecified atom stereocenters. The van der Waals surface area contributed by atoms with Crippen LogP contribution < -0.4 is 10.6 Å². The van der Waals surface area contributed by atoms with Crippen molar-refractivity contribution in [3.8, 4) is 0 Å². The van der Waals surface area contributed by atoms with Gasteiger partial charge in [-0.2, -0.15) is 0 Å². The average molecular weight is 227 g/mol. The summed E-state index contributed by atoms with van der Waals surface area (Å²) in [7, 11) is 1.60. The van der Waals surface area contributed by atoms with Gasteiger partial charge in [0.15, 0.2) is 0 Å². The second kappa shape index (κ2) is 4.72. The van der Waals surface area contributed by atoms with Crippen molar-refractivity contribution in [3.05, 3.63) is 0 Å². The molecule has 0 aromatic carbocycles. The molecule has 0 radical (unpaired) electrons. The average Bonchev–Trinajstić information content (AvgIpc) is 2.56. The Morgan fingerprint density at radius 2 is 2.25 bits per heavy atom. The van der Waals surface area contributed by atoms with Gasteiger partial charge in [0.1, 0.15) is 6.04 Å². The van der Waals surface area contributed by atoms with E-state index in [0.29, 0.717) is 13.0 Å². The lowest BCUT2D eigenvalue weighted by molar-refractivity contribution is -0.124. The first-order valence-electron chi connectivity index (χ1n) is 5.77. The Labute approximate surface area is 96.6 Å². The van der Waals surface area contributed by atoms with Gasteiger partial charge in [0, 0.05) is 13.6 Å². The molecular formula is C11H21N3O2. The second-order valence-electron chi connectivity index (χ2n) is 4.51. The summed E-state index contributed by atoms with van der Waals surface area (Å²) in [5.41, 5.74) is -0.210. The molecule has 0 aromatic heterocycles. The van der Waals surface area contributed by atoms with Gasteiger partial charge in [-0.05, 0) is 19.8 Å². The predicted molar refractivity (Wildman–Crippen MR) is 62.1 cm³/mol. The fraction of sp³-hybridized carbons (Fsp3) is 0.818. The maximum absolute atomic E-state index is 11.8. The van der Waals surface area contributed by atoms with Gasteiger partial charge in [-0.3, -0.25) is 4.79 Å². The van der Waals surface area contributed by atoms with Crippen LogP contribution in [0.2, 0.25) is 0 Å². The van der Waals surface area contributed by atoms with E-state index in [4.69, 9.17) is 0 Å². The van der Waals surface area contributed by atoms with Crippen molar-refractivity contribution >= 4 is 11.9 Å². The summed E-state index contributed by atoms with van der Waals surface area (Å²) in [6, 6.07) is -0.502. The molecule has 16 heavy (non-hydrogen) atoms. The van der Waals surface area contributed by atoms with Crippen molar-refractivity contribution in [3.63, 3.8) is 0 Å². The minimum absolute atomic E-state index is 0.0991. The van der Waals surface area contributed by atoms with Crippen molar-refractivity contribution in [1.82, 2.24) is 15.5 Å². The van der Waals surface area contributed by atoms with Crippen LogP contribution in [0.1, 0.15) is 33.6 Å². The number of carbonyl (C=O) groups excluding carboxylic acids is 2. The summed E-state index contributed by atoms with van der Waals surface area (Å²) in [5.74, 6) is -0.0991. The number of likely N-dealkylation sites (N-methyl/N-ethyl adjacent to an activating group) is 1.